The smallest absolute Gasteiger partial charge is 0.00515 e. The molecular formula is C6H17BN2O. The number of hydrogen-bond acceptors (Lipinski definition) is 3. The van der Waals surface area contributed by atoms with Crippen LogP contribution < -0.4 is 11.1 Å². The number of nitrogens with two attached hydrogens (primary N) is 1. The molecule has 0 aliphatic carbocycles. The molecule has 0 aliphatic heterocycles. The van der Waals surface area contributed by atoms with Gasteiger partial charge in [0.15, 0.2) is 0 Å². The Hall–Kier alpha value is -0.215. The van der Waals surface area contributed by atoms with Crippen LogP contribution in [-0.2, 0) is 4.70 Å². The van der Waals surface area contributed by atoms with Crippen LogP contribution in [0.15, 0.2) is 0 Å². The van der Waals surface area contributed by atoms with Gasteiger partial charge in [-0.2, -0.15) is 0 Å². The maximum absolute atomic E-state index is 8.81. The SMILES string of the molecule is CB=O.CNCCCCN. The predicted molar refractivity (Wildman–Crippen MR) is 44.5 cm³/mol. The molecule has 0 atom stereocenters. The zero-order chi connectivity index (χ0) is 8.24. The van der Waals surface area contributed by atoms with Gasteiger partial charge in [-0.05, 0) is 33.0 Å². The summed E-state index contributed by atoms with van der Waals surface area (Å²) in [4.78, 5) is 0. The van der Waals surface area contributed by atoms with Crippen LogP contribution >= 0.6 is 0 Å². The summed E-state index contributed by atoms with van der Waals surface area (Å²) in [6, 6.07) is 0. The molecule has 0 rings (SSSR count). The Morgan fingerprint density at radius 3 is 2.30 bits per heavy atom. The average molecular weight is 144 g/mol. The third-order valence-corrected chi connectivity index (χ3v) is 0.881. The van der Waals surface area contributed by atoms with Crippen molar-refractivity contribution in [1.82, 2.24) is 5.32 Å². The molecular weight excluding hydrogens is 127 g/mol. The van der Waals surface area contributed by atoms with Gasteiger partial charge in [-0.25, -0.2) is 0 Å². The van der Waals surface area contributed by atoms with Crippen molar-refractivity contribution in [2.45, 2.75) is 19.7 Å². The summed E-state index contributed by atoms with van der Waals surface area (Å²) < 4.78 is 8.81. The molecule has 60 valence electrons. The van der Waals surface area contributed by atoms with Gasteiger partial charge in [-0.1, -0.05) is 0 Å². The second-order valence-electron chi connectivity index (χ2n) is 1.84. The molecule has 0 heterocycles. The van der Waals surface area contributed by atoms with E-state index in [1.54, 1.807) is 0 Å². The molecule has 10 heavy (non-hydrogen) atoms. The molecule has 0 spiro atoms. The van der Waals surface area contributed by atoms with Crippen LogP contribution in [-0.4, -0.2) is 27.3 Å². The van der Waals surface area contributed by atoms with E-state index in [-0.39, 0.29) is 0 Å². The summed E-state index contributed by atoms with van der Waals surface area (Å²) >= 11 is 0. The second-order valence-corrected chi connectivity index (χ2v) is 1.84. The standard InChI is InChI=1S/C5H14N2.CH3BO/c1-7-5-3-2-4-6;1-2-3/h7H,2-6H2,1H3;1H3. The van der Waals surface area contributed by atoms with Gasteiger partial charge in [0.1, 0.15) is 0 Å². The molecule has 0 bridgehead atoms. The van der Waals surface area contributed by atoms with Crippen molar-refractivity contribution in [3.05, 3.63) is 0 Å². The van der Waals surface area contributed by atoms with E-state index in [1.807, 2.05) is 7.05 Å². The molecule has 0 aromatic carbocycles. The van der Waals surface area contributed by atoms with Gasteiger partial charge >= 0.3 is 18.7 Å². The van der Waals surface area contributed by atoms with Crippen LogP contribution in [0, 0.1) is 0 Å². The molecule has 0 saturated heterocycles. The van der Waals surface area contributed by atoms with Crippen LogP contribution in [0.1, 0.15) is 12.8 Å². The van der Waals surface area contributed by atoms with Crippen LogP contribution in [0.4, 0.5) is 0 Å². The van der Waals surface area contributed by atoms with Gasteiger partial charge in [0.05, 0.1) is 0 Å². The number of rotatable bonds is 4. The van der Waals surface area contributed by atoms with Crippen molar-refractivity contribution in [2.75, 3.05) is 20.1 Å². The molecule has 0 radical (unpaired) electrons. The van der Waals surface area contributed by atoms with Crippen LogP contribution in [0.25, 0.3) is 0 Å². The molecule has 0 saturated carbocycles. The summed E-state index contributed by atoms with van der Waals surface area (Å²) in [6.07, 6.45) is 2.34. The monoisotopic (exact) mass is 144 g/mol. The zero-order valence-corrected chi connectivity index (χ0v) is 6.89. The van der Waals surface area contributed by atoms with E-state index in [9.17, 15) is 0 Å². The second kappa shape index (κ2) is 15.9. The quantitative estimate of drug-likeness (QED) is 0.432. The minimum absolute atomic E-state index is 0.750. The van der Waals surface area contributed by atoms with E-state index in [0.717, 1.165) is 26.7 Å². The van der Waals surface area contributed by atoms with Crippen molar-refractivity contribution < 1.29 is 4.70 Å². The summed E-state index contributed by atoms with van der Waals surface area (Å²) in [5, 5.41) is 3.05. The number of nitrogens with one attached hydrogen (secondary N) is 1. The molecule has 3 nitrogen and oxygen atoms in total. The van der Waals surface area contributed by atoms with E-state index in [2.05, 4.69) is 5.32 Å². The largest absolute Gasteiger partial charge is 0.330 e. The first-order chi connectivity index (χ1) is 4.83. The van der Waals surface area contributed by atoms with Gasteiger partial charge in [0, 0.05) is 0 Å². The first kappa shape index (κ1) is 12.5. The van der Waals surface area contributed by atoms with Gasteiger partial charge in [0.25, 0.3) is 0 Å². The maximum atomic E-state index is 8.81. The van der Waals surface area contributed by atoms with E-state index < -0.39 is 0 Å². The number of unbranched alkanes of at least 4 members (excludes halogenated alkanes) is 1. The fourth-order valence-corrected chi connectivity index (χ4v) is 0.446. The van der Waals surface area contributed by atoms with Gasteiger partial charge in [0.2, 0.25) is 0 Å². The summed E-state index contributed by atoms with van der Waals surface area (Å²) in [5.41, 5.74) is 5.24. The van der Waals surface area contributed by atoms with E-state index in [1.165, 1.54) is 13.2 Å². The maximum Gasteiger partial charge on any atom is -0.00515 e. The van der Waals surface area contributed by atoms with Crippen molar-refractivity contribution in [3.63, 3.8) is 0 Å². The Kier molecular flexibility index (Phi) is 19.8. The van der Waals surface area contributed by atoms with Crippen molar-refractivity contribution in [3.8, 4) is 0 Å². The van der Waals surface area contributed by atoms with E-state index in [0.29, 0.717) is 0 Å². The normalized spacial score (nSPS) is 7.50. The minimum atomic E-state index is 0.750. The van der Waals surface area contributed by atoms with Crippen molar-refractivity contribution in [2.24, 2.45) is 5.73 Å². The van der Waals surface area contributed by atoms with Crippen molar-refractivity contribution >= 4 is 7.15 Å². The first-order valence-electron chi connectivity index (χ1n) is 3.57. The predicted octanol–water partition coefficient (Wildman–Crippen LogP) is 0.0289. The Balaban J connectivity index is 0. The molecule has 0 amide bonds. The van der Waals surface area contributed by atoms with E-state index in [4.69, 9.17) is 10.4 Å². The molecule has 0 unspecified atom stereocenters. The Bertz CT molecular complexity index is 57.7. The van der Waals surface area contributed by atoms with Gasteiger partial charge < -0.3 is 11.1 Å². The molecule has 0 fully saturated rings. The third-order valence-electron chi connectivity index (χ3n) is 0.881. The minimum Gasteiger partial charge on any atom is -0.330 e. The van der Waals surface area contributed by atoms with Crippen molar-refractivity contribution in [1.29, 1.82) is 0 Å². The molecule has 0 aliphatic rings. The molecule has 0 aromatic heterocycles. The summed E-state index contributed by atoms with van der Waals surface area (Å²) in [6.45, 7) is 3.36. The molecule has 0 aromatic rings. The average Bonchev–Trinajstić information content (AvgIpc) is 1.91. The molecule has 4 heteroatoms. The topological polar surface area (TPSA) is 55.1 Å². The van der Waals surface area contributed by atoms with Gasteiger partial charge in [-0.3, -0.25) is 0 Å². The zero-order valence-electron chi connectivity index (χ0n) is 6.89. The Morgan fingerprint density at radius 1 is 1.50 bits per heavy atom. The Morgan fingerprint density at radius 2 is 2.00 bits per heavy atom. The van der Waals surface area contributed by atoms with Crippen LogP contribution in [0.5, 0.6) is 0 Å². The summed E-state index contributed by atoms with van der Waals surface area (Å²) in [5.74, 6) is 0. The third kappa shape index (κ3) is 25.0. The number of hydrogen-bond donors (Lipinski definition) is 2. The fraction of sp³-hybridized carbons (Fsp3) is 1.00. The van der Waals surface area contributed by atoms with E-state index >= 15 is 0 Å². The van der Waals surface area contributed by atoms with Crippen LogP contribution in [0.2, 0.25) is 6.82 Å². The fourth-order valence-electron chi connectivity index (χ4n) is 0.446. The van der Waals surface area contributed by atoms with Gasteiger partial charge in [-0.15, -0.1) is 0 Å². The summed E-state index contributed by atoms with van der Waals surface area (Å²) in [7, 11) is 2.70. The Labute approximate surface area is 63.6 Å². The molecule has 3 N–H and O–H groups in total. The van der Waals surface area contributed by atoms with Crippen LogP contribution in [0.3, 0.4) is 0 Å². The first-order valence-corrected chi connectivity index (χ1v) is 3.57.